The first-order chi connectivity index (χ1) is 11.5. The highest BCUT2D eigenvalue weighted by molar-refractivity contribution is 5.85. The third kappa shape index (κ3) is 4.76. The van der Waals surface area contributed by atoms with E-state index in [2.05, 4.69) is 15.8 Å². The normalized spacial score (nSPS) is 20.0. The zero-order chi connectivity index (χ0) is 17.1. The summed E-state index contributed by atoms with van der Waals surface area (Å²) in [6.45, 7) is 3.10. The molecule has 2 aromatic rings. The van der Waals surface area contributed by atoms with Crippen molar-refractivity contribution in [3.05, 3.63) is 52.9 Å². The van der Waals surface area contributed by atoms with E-state index in [0.29, 0.717) is 23.6 Å². The molecular weight excluding hydrogens is 352 g/mol. The maximum Gasteiger partial charge on any atom is 0.226 e. The van der Waals surface area contributed by atoms with Crippen LogP contribution in [0.15, 0.2) is 28.8 Å². The first-order valence-electron chi connectivity index (χ1n) is 7.90. The van der Waals surface area contributed by atoms with Crippen LogP contribution in [-0.2, 0) is 11.2 Å². The molecule has 0 radical (unpaired) electrons. The van der Waals surface area contributed by atoms with Crippen molar-refractivity contribution in [3.63, 3.8) is 0 Å². The predicted octanol–water partition coefficient (Wildman–Crippen LogP) is 2.49. The zero-order valence-electron chi connectivity index (χ0n) is 13.7. The number of halogens is 3. The molecule has 0 bridgehead atoms. The van der Waals surface area contributed by atoms with Gasteiger partial charge < -0.3 is 15.2 Å². The third-order valence-corrected chi connectivity index (χ3v) is 4.22. The van der Waals surface area contributed by atoms with Gasteiger partial charge in [0.25, 0.3) is 0 Å². The first-order valence-corrected chi connectivity index (χ1v) is 7.90. The minimum Gasteiger partial charge on any atom is -0.361 e. The van der Waals surface area contributed by atoms with Gasteiger partial charge in [-0.1, -0.05) is 11.2 Å². The van der Waals surface area contributed by atoms with E-state index in [0.717, 1.165) is 19.0 Å². The molecular formula is C17H20ClF2N3O2. The number of benzene rings is 1. The van der Waals surface area contributed by atoms with Crippen LogP contribution in [0.25, 0.3) is 0 Å². The maximum absolute atomic E-state index is 13.5. The van der Waals surface area contributed by atoms with E-state index >= 15 is 0 Å². The van der Waals surface area contributed by atoms with Crippen LogP contribution in [0.2, 0.25) is 0 Å². The molecule has 25 heavy (non-hydrogen) atoms. The summed E-state index contributed by atoms with van der Waals surface area (Å²) in [6, 6.07) is 5.44. The lowest BCUT2D eigenvalue weighted by Gasteiger charge is -2.33. The van der Waals surface area contributed by atoms with Crippen LogP contribution in [0.5, 0.6) is 0 Å². The molecule has 8 heteroatoms. The number of aromatic nitrogens is 1. The maximum atomic E-state index is 13.5. The number of piperidine rings is 1. The van der Waals surface area contributed by atoms with Crippen molar-refractivity contribution < 1.29 is 18.1 Å². The Balaban J connectivity index is 0.00000225. The summed E-state index contributed by atoms with van der Waals surface area (Å²) in [7, 11) is 0. The molecule has 2 unspecified atom stereocenters. The van der Waals surface area contributed by atoms with Gasteiger partial charge in [-0.15, -0.1) is 12.4 Å². The van der Waals surface area contributed by atoms with Gasteiger partial charge in [-0.2, -0.15) is 0 Å². The van der Waals surface area contributed by atoms with Crippen molar-refractivity contribution in [2.45, 2.75) is 31.7 Å². The molecule has 0 spiro atoms. The second-order valence-electron chi connectivity index (χ2n) is 6.05. The lowest BCUT2D eigenvalue weighted by Crippen LogP contribution is -2.50. The summed E-state index contributed by atoms with van der Waals surface area (Å²) in [6.07, 6.45) is 0.859. The Kier molecular flexibility index (Phi) is 6.50. The Labute approximate surface area is 150 Å². The van der Waals surface area contributed by atoms with Gasteiger partial charge in [0.05, 0.1) is 12.1 Å². The first kappa shape index (κ1) is 19.3. The molecule has 2 atom stereocenters. The van der Waals surface area contributed by atoms with E-state index in [1.807, 2.05) is 0 Å². The molecule has 2 N–H and O–H groups in total. The van der Waals surface area contributed by atoms with Crippen LogP contribution in [-0.4, -0.2) is 30.2 Å². The average molecular weight is 372 g/mol. The van der Waals surface area contributed by atoms with Gasteiger partial charge in [0.2, 0.25) is 5.91 Å². The van der Waals surface area contributed by atoms with Crippen LogP contribution in [0.1, 0.15) is 29.4 Å². The molecule has 5 nitrogen and oxygen atoms in total. The van der Waals surface area contributed by atoms with Crippen molar-refractivity contribution >= 4 is 18.3 Å². The number of amides is 1. The monoisotopic (exact) mass is 371 g/mol. The Bertz CT molecular complexity index is 738. The van der Waals surface area contributed by atoms with Gasteiger partial charge in [-0.05, 0) is 37.6 Å². The SMILES string of the molecule is Cc1cc(CC(=O)NC2CNCCC2c2ccc(F)c(F)c2)no1.Cl. The minimum absolute atomic E-state index is 0. The number of rotatable bonds is 4. The molecule has 1 fully saturated rings. The average Bonchev–Trinajstić information content (AvgIpc) is 2.95. The Morgan fingerprint density at radius 3 is 2.84 bits per heavy atom. The minimum atomic E-state index is -0.866. The second kappa shape index (κ2) is 8.40. The van der Waals surface area contributed by atoms with Crippen molar-refractivity contribution in [2.24, 2.45) is 0 Å². The summed E-state index contributed by atoms with van der Waals surface area (Å²) in [4.78, 5) is 12.2. The molecule has 1 aliphatic rings. The largest absolute Gasteiger partial charge is 0.361 e. The van der Waals surface area contributed by atoms with Crippen molar-refractivity contribution in [1.82, 2.24) is 15.8 Å². The lowest BCUT2D eigenvalue weighted by atomic mass is 9.86. The van der Waals surface area contributed by atoms with Crippen LogP contribution >= 0.6 is 12.4 Å². The van der Waals surface area contributed by atoms with Gasteiger partial charge in [-0.3, -0.25) is 4.79 Å². The molecule has 136 valence electrons. The number of carbonyl (C=O) groups is 1. The van der Waals surface area contributed by atoms with Crippen LogP contribution in [0, 0.1) is 18.6 Å². The quantitative estimate of drug-likeness (QED) is 0.866. The molecule has 0 aliphatic carbocycles. The smallest absolute Gasteiger partial charge is 0.226 e. The summed E-state index contributed by atoms with van der Waals surface area (Å²) < 4.78 is 31.6. The summed E-state index contributed by atoms with van der Waals surface area (Å²) in [5.74, 6) is -1.32. The van der Waals surface area contributed by atoms with E-state index in [9.17, 15) is 13.6 Å². The van der Waals surface area contributed by atoms with E-state index in [-0.39, 0.29) is 36.7 Å². The van der Waals surface area contributed by atoms with E-state index in [1.165, 1.54) is 6.07 Å². The topological polar surface area (TPSA) is 67.2 Å². The molecule has 2 heterocycles. The molecule has 1 aromatic heterocycles. The molecule has 3 rings (SSSR count). The van der Waals surface area contributed by atoms with Gasteiger partial charge in [-0.25, -0.2) is 8.78 Å². The Morgan fingerprint density at radius 2 is 2.16 bits per heavy atom. The summed E-state index contributed by atoms with van der Waals surface area (Å²) in [5, 5.41) is 9.98. The Morgan fingerprint density at radius 1 is 1.36 bits per heavy atom. The van der Waals surface area contributed by atoms with E-state index < -0.39 is 11.6 Å². The highest BCUT2D eigenvalue weighted by Crippen LogP contribution is 2.27. The number of hydrogen-bond donors (Lipinski definition) is 2. The lowest BCUT2D eigenvalue weighted by molar-refractivity contribution is -0.121. The fraction of sp³-hybridized carbons (Fsp3) is 0.412. The third-order valence-electron chi connectivity index (χ3n) is 4.22. The van der Waals surface area contributed by atoms with Crippen molar-refractivity contribution in [3.8, 4) is 0 Å². The Hall–Kier alpha value is -1.99. The highest BCUT2D eigenvalue weighted by Gasteiger charge is 2.28. The van der Waals surface area contributed by atoms with Crippen LogP contribution in [0.3, 0.4) is 0 Å². The van der Waals surface area contributed by atoms with Gasteiger partial charge >= 0.3 is 0 Å². The molecule has 1 aromatic carbocycles. The van der Waals surface area contributed by atoms with Crippen molar-refractivity contribution in [2.75, 3.05) is 13.1 Å². The van der Waals surface area contributed by atoms with Crippen molar-refractivity contribution in [1.29, 1.82) is 0 Å². The van der Waals surface area contributed by atoms with Crippen LogP contribution < -0.4 is 10.6 Å². The van der Waals surface area contributed by atoms with Gasteiger partial charge in [0, 0.05) is 24.6 Å². The molecule has 1 aliphatic heterocycles. The summed E-state index contributed by atoms with van der Waals surface area (Å²) >= 11 is 0. The molecule has 1 saturated heterocycles. The zero-order valence-corrected chi connectivity index (χ0v) is 14.5. The highest BCUT2D eigenvalue weighted by atomic mass is 35.5. The summed E-state index contributed by atoms with van der Waals surface area (Å²) in [5.41, 5.74) is 1.26. The van der Waals surface area contributed by atoms with Gasteiger partial charge in [0.1, 0.15) is 5.76 Å². The fourth-order valence-corrected chi connectivity index (χ4v) is 3.08. The number of aryl methyl sites for hydroxylation is 1. The van der Waals surface area contributed by atoms with E-state index in [1.54, 1.807) is 19.1 Å². The molecule has 1 amide bonds. The standard InChI is InChI=1S/C17H19F2N3O2.ClH/c1-10-6-12(22-24-10)8-17(23)21-16-9-20-5-4-13(16)11-2-3-14(18)15(19)7-11;/h2-3,6-7,13,16,20H,4-5,8-9H2,1H3,(H,21,23);1H. The van der Waals surface area contributed by atoms with E-state index in [4.69, 9.17) is 4.52 Å². The molecule has 0 saturated carbocycles. The number of nitrogens with one attached hydrogen (secondary N) is 2. The fourth-order valence-electron chi connectivity index (χ4n) is 3.08. The van der Waals surface area contributed by atoms with Crippen LogP contribution in [0.4, 0.5) is 8.78 Å². The number of carbonyl (C=O) groups excluding carboxylic acids is 1. The van der Waals surface area contributed by atoms with Gasteiger partial charge in [0.15, 0.2) is 11.6 Å². The second-order valence-corrected chi connectivity index (χ2v) is 6.05. The number of hydrogen-bond acceptors (Lipinski definition) is 4. The predicted molar refractivity (Wildman–Crippen MR) is 90.7 cm³/mol. The number of nitrogens with zero attached hydrogens (tertiary/aromatic N) is 1.